The van der Waals surface area contributed by atoms with Gasteiger partial charge in [-0.15, -0.1) is 0 Å². The molecular formula is C22H25ClN2O4. The predicted molar refractivity (Wildman–Crippen MR) is 112 cm³/mol. The van der Waals surface area contributed by atoms with Crippen molar-refractivity contribution >= 4 is 29.1 Å². The number of benzene rings is 1. The zero-order valence-corrected chi connectivity index (χ0v) is 17.6. The van der Waals surface area contributed by atoms with Crippen LogP contribution in [-0.2, 0) is 9.59 Å². The highest BCUT2D eigenvalue weighted by Crippen LogP contribution is 2.39. The first kappa shape index (κ1) is 21.1. The number of amides is 1. The van der Waals surface area contributed by atoms with Crippen molar-refractivity contribution in [2.45, 2.75) is 26.8 Å². The van der Waals surface area contributed by atoms with Gasteiger partial charge in [-0.05, 0) is 56.4 Å². The smallest absolute Gasteiger partial charge is 0.295 e. The van der Waals surface area contributed by atoms with Crippen LogP contribution >= 0.6 is 11.6 Å². The van der Waals surface area contributed by atoms with Gasteiger partial charge in [0, 0.05) is 23.7 Å². The minimum absolute atomic E-state index is 0.0335. The Bertz CT molecular complexity index is 929. The van der Waals surface area contributed by atoms with Crippen LogP contribution in [0.4, 0.5) is 0 Å². The van der Waals surface area contributed by atoms with E-state index < -0.39 is 17.7 Å². The third-order valence-electron chi connectivity index (χ3n) is 5.24. The number of carbonyl (C=O) groups is 2. The standard InChI is InChI=1S/C22H25ClN2O4/c1-4-24(5-2)12-13-25-19(17-11-6-14(3)29-17)18(21(27)22(25)28)20(26)15-7-9-16(23)10-8-15/h6-11,19,26H,4-5,12-13H2,1-3H3/t19-/m0/s1. The predicted octanol–water partition coefficient (Wildman–Crippen LogP) is 4.00. The molecule has 0 unspecified atom stereocenters. The maximum absolute atomic E-state index is 12.9. The van der Waals surface area contributed by atoms with Crippen LogP contribution < -0.4 is 0 Å². The summed E-state index contributed by atoms with van der Waals surface area (Å²) < 4.78 is 5.76. The van der Waals surface area contributed by atoms with E-state index in [4.69, 9.17) is 16.0 Å². The minimum Gasteiger partial charge on any atom is -0.507 e. The highest BCUT2D eigenvalue weighted by Gasteiger charge is 2.47. The van der Waals surface area contributed by atoms with E-state index in [1.165, 1.54) is 4.90 Å². The zero-order chi connectivity index (χ0) is 21.1. The Morgan fingerprint density at radius 3 is 2.34 bits per heavy atom. The lowest BCUT2D eigenvalue weighted by Crippen LogP contribution is -2.37. The van der Waals surface area contributed by atoms with Crippen molar-refractivity contribution in [1.29, 1.82) is 0 Å². The van der Waals surface area contributed by atoms with Crippen LogP contribution in [0.5, 0.6) is 0 Å². The molecule has 1 aromatic carbocycles. The first-order chi connectivity index (χ1) is 13.9. The molecule has 2 heterocycles. The second-order valence-corrected chi connectivity index (χ2v) is 7.41. The highest BCUT2D eigenvalue weighted by atomic mass is 35.5. The number of ketones is 1. The van der Waals surface area contributed by atoms with E-state index in [-0.39, 0.29) is 11.3 Å². The Morgan fingerprint density at radius 1 is 1.14 bits per heavy atom. The number of carbonyl (C=O) groups excluding carboxylic acids is 2. The number of likely N-dealkylation sites (tertiary alicyclic amines) is 1. The number of halogens is 1. The van der Waals surface area contributed by atoms with E-state index in [0.717, 1.165) is 13.1 Å². The van der Waals surface area contributed by atoms with Crippen LogP contribution in [0.25, 0.3) is 5.76 Å². The number of Topliss-reactive ketones (excluding diaryl/α,β-unsaturated/α-hetero) is 1. The number of aliphatic hydroxyl groups excluding tert-OH is 1. The number of nitrogens with zero attached hydrogens (tertiary/aromatic N) is 2. The minimum atomic E-state index is -0.769. The summed E-state index contributed by atoms with van der Waals surface area (Å²) in [5.41, 5.74) is 0.454. The normalized spacial score (nSPS) is 18.8. The van der Waals surface area contributed by atoms with Crippen molar-refractivity contribution in [3.8, 4) is 0 Å². The van der Waals surface area contributed by atoms with Gasteiger partial charge in [0.25, 0.3) is 11.7 Å². The summed E-state index contributed by atoms with van der Waals surface area (Å²) in [6.45, 7) is 8.55. The Morgan fingerprint density at radius 2 is 1.79 bits per heavy atom. The van der Waals surface area contributed by atoms with Gasteiger partial charge in [0.05, 0.1) is 5.57 Å². The quantitative estimate of drug-likeness (QED) is 0.419. The fourth-order valence-electron chi connectivity index (χ4n) is 3.56. The molecule has 2 aromatic rings. The summed E-state index contributed by atoms with van der Waals surface area (Å²) in [6, 6.07) is 9.23. The number of rotatable bonds is 7. The molecular weight excluding hydrogens is 392 g/mol. The number of hydrogen-bond acceptors (Lipinski definition) is 5. The fourth-order valence-corrected chi connectivity index (χ4v) is 3.69. The summed E-state index contributed by atoms with van der Waals surface area (Å²) >= 11 is 5.93. The number of aliphatic hydroxyl groups is 1. The molecule has 0 aliphatic carbocycles. The van der Waals surface area contributed by atoms with E-state index in [9.17, 15) is 14.7 Å². The molecule has 0 saturated carbocycles. The molecule has 3 rings (SSSR count). The van der Waals surface area contributed by atoms with Crippen LogP contribution in [0.3, 0.4) is 0 Å². The van der Waals surface area contributed by atoms with Crippen molar-refractivity contribution in [1.82, 2.24) is 9.80 Å². The molecule has 1 amide bonds. The monoisotopic (exact) mass is 416 g/mol. The lowest BCUT2D eigenvalue weighted by Gasteiger charge is -2.26. The van der Waals surface area contributed by atoms with Crippen molar-refractivity contribution in [2.24, 2.45) is 0 Å². The van der Waals surface area contributed by atoms with E-state index in [2.05, 4.69) is 4.90 Å². The first-order valence-corrected chi connectivity index (χ1v) is 10.1. The van der Waals surface area contributed by atoms with Gasteiger partial charge in [0.15, 0.2) is 0 Å². The molecule has 0 spiro atoms. The average Bonchev–Trinajstić information content (AvgIpc) is 3.24. The summed E-state index contributed by atoms with van der Waals surface area (Å²) in [4.78, 5) is 29.4. The molecule has 6 nitrogen and oxygen atoms in total. The Labute approximate surface area is 175 Å². The highest BCUT2D eigenvalue weighted by molar-refractivity contribution is 6.46. The largest absolute Gasteiger partial charge is 0.507 e. The van der Waals surface area contributed by atoms with Gasteiger partial charge in [0.1, 0.15) is 23.3 Å². The zero-order valence-electron chi connectivity index (χ0n) is 16.8. The van der Waals surface area contributed by atoms with Crippen molar-refractivity contribution in [3.63, 3.8) is 0 Å². The van der Waals surface area contributed by atoms with Crippen LogP contribution in [-0.4, -0.2) is 52.8 Å². The van der Waals surface area contributed by atoms with Gasteiger partial charge in [-0.2, -0.15) is 0 Å². The van der Waals surface area contributed by atoms with Gasteiger partial charge in [-0.1, -0.05) is 25.4 Å². The van der Waals surface area contributed by atoms with E-state index in [0.29, 0.717) is 35.2 Å². The number of aryl methyl sites for hydroxylation is 1. The Kier molecular flexibility index (Phi) is 6.45. The van der Waals surface area contributed by atoms with Gasteiger partial charge < -0.3 is 19.3 Å². The van der Waals surface area contributed by atoms with Crippen molar-refractivity contribution in [2.75, 3.05) is 26.2 Å². The summed E-state index contributed by atoms with van der Waals surface area (Å²) in [6.07, 6.45) is 0. The molecule has 154 valence electrons. The third kappa shape index (κ3) is 4.23. The lowest BCUT2D eigenvalue weighted by atomic mass is 9.99. The Balaban J connectivity index is 2.06. The van der Waals surface area contributed by atoms with Crippen LogP contribution in [0.1, 0.15) is 37.0 Å². The van der Waals surface area contributed by atoms with Crippen LogP contribution in [0, 0.1) is 6.92 Å². The molecule has 1 fully saturated rings. The molecule has 29 heavy (non-hydrogen) atoms. The van der Waals surface area contributed by atoms with Gasteiger partial charge in [0.2, 0.25) is 0 Å². The van der Waals surface area contributed by atoms with Gasteiger partial charge >= 0.3 is 0 Å². The molecule has 0 radical (unpaired) electrons. The molecule has 7 heteroatoms. The van der Waals surface area contributed by atoms with Crippen LogP contribution in [0.15, 0.2) is 46.4 Å². The van der Waals surface area contributed by atoms with E-state index in [1.807, 2.05) is 13.8 Å². The second-order valence-electron chi connectivity index (χ2n) is 6.97. The average molecular weight is 417 g/mol. The lowest BCUT2D eigenvalue weighted by molar-refractivity contribution is -0.140. The number of furan rings is 1. The third-order valence-corrected chi connectivity index (χ3v) is 5.49. The van der Waals surface area contributed by atoms with E-state index >= 15 is 0 Å². The Hall–Kier alpha value is -2.57. The van der Waals surface area contributed by atoms with Gasteiger partial charge in [-0.25, -0.2) is 0 Å². The van der Waals surface area contributed by atoms with Crippen molar-refractivity contribution < 1.29 is 19.1 Å². The molecule has 1 aliphatic rings. The summed E-state index contributed by atoms with van der Waals surface area (Å²) in [7, 11) is 0. The fraction of sp³-hybridized carbons (Fsp3) is 0.364. The van der Waals surface area contributed by atoms with Crippen LogP contribution in [0.2, 0.25) is 5.02 Å². The summed E-state index contributed by atoms with van der Waals surface area (Å²) in [5.74, 6) is -0.454. The van der Waals surface area contributed by atoms with E-state index in [1.54, 1.807) is 43.3 Å². The maximum Gasteiger partial charge on any atom is 0.295 e. The number of hydrogen-bond donors (Lipinski definition) is 1. The molecule has 1 saturated heterocycles. The molecule has 1 atom stereocenters. The topological polar surface area (TPSA) is 74.0 Å². The second kappa shape index (κ2) is 8.84. The van der Waals surface area contributed by atoms with Gasteiger partial charge in [-0.3, -0.25) is 9.59 Å². The SMILES string of the molecule is CCN(CC)CCN1C(=O)C(=O)C(=C(O)c2ccc(Cl)cc2)[C@@H]1c1ccc(C)o1. The first-order valence-electron chi connectivity index (χ1n) is 9.70. The maximum atomic E-state index is 12.9. The summed E-state index contributed by atoms with van der Waals surface area (Å²) in [5, 5.41) is 11.4. The molecule has 1 N–H and O–H groups in total. The molecule has 0 bridgehead atoms. The van der Waals surface area contributed by atoms with Crippen molar-refractivity contribution in [3.05, 3.63) is 64.1 Å². The molecule has 1 aromatic heterocycles. The molecule has 1 aliphatic heterocycles. The number of likely N-dealkylation sites (N-methyl/N-ethyl adjacent to an activating group) is 1.